The lowest BCUT2D eigenvalue weighted by molar-refractivity contribution is 0.312. The number of anilines is 1. The third-order valence-electron chi connectivity index (χ3n) is 3.36. The smallest absolute Gasteiger partial charge is 0.147 e. The molecule has 0 aliphatic carbocycles. The Hall–Kier alpha value is -1.20. The maximum Gasteiger partial charge on any atom is 0.147 e. The Morgan fingerprint density at radius 1 is 1.21 bits per heavy atom. The van der Waals surface area contributed by atoms with E-state index in [4.69, 9.17) is 4.98 Å². The normalized spacial score (nSPS) is 17.2. The van der Waals surface area contributed by atoms with Crippen molar-refractivity contribution in [2.75, 3.05) is 44.7 Å². The van der Waals surface area contributed by atoms with Crippen LogP contribution in [0.5, 0.6) is 0 Å². The first-order valence-electron chi connectivity index (χ1n) is 7.10. The Bertz CT molecular complexity index is 385. The Balaban J connectivity index is 1.91. The maximum absolute atomic E-state index is 4.70. The van der Waals surface area contributed by atoms with Gasteiger partial charge in [-0.2, -0.15) is 0 Å². The van der Waals surface area contributed by atoms with Gasteiger partial charge in [0.25, 0.3) is 0 Å². The number of hydrogen-bond donors (Lipinski definition) is 1. The van der Waals surface area contributed by atoms with Gasteiger partial charge in [0.15, 0.2) is 0 Å². The van der Waals surface area contributed by atoms with Crippen molar-refractivity contribution in [2.24, 2.45) is 5.92 Å². The zero-order valence-electron chi connectivity index (χ0n) is 12.3. The summed E-state index contributed by atoms with van der Waals surface area (Å²) in [6.45, 7) is 10.5. The standard InChI is InChI=1S/C14H25N5/c1-12(2)8-15-9-13-10-16-11-14(17-13)19-6-4-18(3)5-7-19/h10-12,15H,4-9H2,1-3H3. The molecule has 1 saturated heterocycles. The van der Waals surface area contributed by atoms with Gasteiger partial charge < -0.3 is 15.1 Å². The first-order chi connectivity index (χ1) is 9.15. The molecule has 0 spiro atoms. The fourth-order valence-electron chi connectivity index (χ4n) is 2.16. The molecule has 0 aromatic carbocycles. The summed E-state index contributed by atoms with van der Waals surface area (Å²) in [4.78, 5) is 13.7. The molecule has 1 aromatic heterocycles. The summed E-state index contributed by atoms with van der Waals surface area (Å²) in [5.74, 6) is 1.67. The zero-order valence-corrected chi connectivity index (χ0v) is 12.3. The van der Waals surface area contributed by atoms with Crippen molar-refractivity contribution in [2.45, 2.75) is 20.4 Å². The van der Waals surface area contributed by atoms with Gasteiger partial charge in [-0.15, -0.1) is 0 Å². The molecule has 1 aliphatic heterocycles. The molecule has 0 atom stereocenters. The minimum Gasteiger partial charge on any atom is -0.353 e. The van der Waals surface area contributed by atoms with Crippen molar-refractivity contribution in [3.63, 3.8) is 0 Å². The Morgan fingerprint density at radius 2 is 1.95 bits per heavy atom. The van der Waals surface area contributed by atoms with Crippen molar-refractivity contribution in [1.82, 2.24) is 20.2 Å². The van der Waals surface area contributed by atoms with E-state index >= 15 is 0 Å². The van der Waals surface area contributed by atoms with Gasteiger partial charge in [0.1, 0.15) is 5.82 Å². The van der Waals surface area contributed by atoms with Gasteiger partial charge in [-0.25, -0.2) is 4.98 Å². The molecule has 0 amide bonds. The molecule has 5 nitrogen and oxygen atoms in total. The molecule has 1 N–H and O–H groups in total. The summed E-state index contributed by atoms with van der Waals surface area (Å²) in [5, 5.41) is 3.41. The Kier molecular flexibility index (Phi) is 5.10. The summed E-state index contributed by atoms with van der Waals surface area (Å²) in [6.07, 6.45) is 3.73. The van der Waals surface area contributed by atoms with Gasteiger partial charge in [-0.05, 0) is 19.5 Å². The van der Waals surface area contributed by atoms with E-state index < -0.39 is 0 Å². The highest BCUT2D eigenvalue weighted by atomic mass is 15.3. The fraction of sp³-hybridized carbons (Fsp3) is 0.714. The van der Waals surface area contributed by atoms with E-state index in [1.165, 1.54) is 0 Å². The first-order valence-corrected chi connectivity index (χ1v) is 7.10. The van der Waals surface area contributed by atoms with Crippen molar-refractivity contribution in [1.29, 1.82) is 0 Å². The van der Waals surface area contributed by atoms with Crippen molar-refractivity contribution in [3.05, 3.63) is 18.1 Å². The van der Waals surface area contributed by atoms with E-state index in [0.717, 1.165) is 50.8 Å². The molecule has 2 rings (SSSR count). The van der Waals surface area contributed by atoms with Gasteiger partial charge in [-0.3, -0.25) is 4.98 Å². The second-order valence-electron chi connectivity index (χ2n) is 5.68. The van der Waals surface area contributed by atoms with Crippen LogP contribution in [0, 0.1) is 5.92 Å². The van der Waals surface area contributed by atoms with E-state index in [2.05, 4.69) is 41.0 Å². The molecule has 19 heavy (non-hydrogen) atoms. The average Bonchev–Trinajstić information content (AvgIpc) is 2.39. The lowest BCUT2D eigenvalue weighted by Gasteiger charge is -2.33. The predicted molar refractivity (Wildman–Crippen MR) is 78.3 cm³/mol. The van der Waals surface area contributed by atoms with Gasteiger partial charge in [0.05, 0.1) is 11.9 Å². The Morgan fingerprint density at radius 3 is 2.63 bits per heavy atom. The van der Waals surface area contributed by atoms with Crippen molar-refractivity contribution < 1.29 is 0 Å². The van der Waals surface area contributed by atoms with Gasteiger partial charge in [0.2, 0.25) is 0 Å². The minimum atomic E-state index is 0.661. The number of rotatable bonds is 5. The molecule has 1 fully saturated rings. The summed E-state index contributed by atoms with van der Waals surface area (Å²) >= 11 is 0. The van der Waals surface area contributed by atoms with E-state index in [-0.39, 0.29) is 0 Å². The van der Waals surface area contributed by atoms with E-state index in [0.29, 0.717) is 5.92 Å². The SMILES string of the molecule is CC(C)CNCc1cncc(N2CCN(C)CC2)n1. The lowest BCUT2D eigenvalue weighted by Crippen LogP contribution is -2.45. The van der Waals surface area contributed by atoms with Gasteiger partial charge in [-0.1, -0.05) is 13.8 Å². The van der Waals surface area contributed by atoms with E-state index in [1.54, 1.807) is 0 Å². The number of aromatic nitrogens is 2. The molecule has 5 heteroatoms. The molecule has 1 aliphatic rings. The summed E-state index contributed by atoms with van der Waals surface area (Å²) in [5.41, 5.74) is 1.03. The first kappa shape index (κ1) is 14.2. The molecule has 2 heterocycles. The van der Waals surface area contributed by atoms with Crippen molar-refractivity contribution in [3.8, 4) is 0 Å². The molecule has 0 bridgehead atoms. The van der Waals surface area contributed by atoms with E-state index in [1.807, 2.05) is 12.4 Å². The highest BCUT2D eigenvalue weighted by Crippen LogP contribution is 2.12. The number of likely N-dealkylation sites (N-methyl/N-ethyl adjacent to an activating group) is 1. The van der Waals surface area contributed by atoms with Crippen LogP contribution in [0.2, 0.25) is 0 Å². The van der Waals surface area contributed by atoms with Crippen LogP contribution < -0.4 is 10.2 Å². The van der Waals surface area contributed by atoms with E-state index in [9.17, 15) is 0 Å². The van der Waals surface area contributed by atoms with Crippen LogP contribution in [-0.4, -0.2) is 54.6 Å². The van der Waals surface area contributed by atoms with Crippen LogP contribution in [0.4, 0.5) is 5.82 Å². The molecule has 0 unspecified atom stereocenters. The van der Waals surface area contributed by atoms with Gasteiger partial charge >= 0.3 is 0 Å². The highest BCUT2D eigenvalue weighted by molar-refractivity contribution is 5.37. The summed E-state index contributed by atoms with van der Waals surface area (Å²) in [6, 6.07) is 0. The summed E-state index contributed by atoms with van der Waals surface area (Å²) in [7, 11) is 2.16. The summed E-state index contributed by atoms with van der Waals surface area (Å²) < 4.78 is 0. The minimum absolute atomic E-state index is 0.661. The lowest BCUT2D eigenvalue weighted by atomic mass is 10.2. The molecule has 1 aromatic rings. The van der Waals surface area contributed by atoms with Crippen LogP contribution in [-0.2, 0) is 6.54 Å². The zero-order chi connectivity index (χ0) is 13.7. The molecule has 0 radical (unpaired) electrons. The number of nitrogens with zero attached hydrogens (tertiary/aromatic N) is 4. The average molecular weight is 263 g/mol. The second kappa shape index (κ2) is 6.82. The fourth-order valence-corrected chi connectivity index (χ4v) is 2.16. The number of hydrogen-bond acceptors (Lipinski definition) is 5. The Labute approximate surface area is 116 Å². The molecule has 106 valence electrons. The molecule has 0 saturated carbocycles. The largest absolute Gasteiger partial charge is 0.353 e. The molecular weight excluding hydrogens is 238 g/mol. The highest BCUT2D eigenvalue weighted by Gasteiger charge is 2.15. The monoisotopic (exact) mass is 263 g/mol. The predicted octanol–water partition coefficient (Wildman–Crippen LogP) is 0.974. The van der Waals surface area contributed by atoms with Crippen LogP contribution in [0.1, 0.15) is 19.5 Å². The van der Waals surface area contributed by atoms with Crippen LogP contribution in [0.15, 0.2) is 12.4 Å². The quantitative estimate of drug-likeness (QED) is 0.858. The second-order valence-corrected chi connectivity index (χ2v) is 5.68. The van der Waals surface area contributed by atoms with Crippen LogP contribution in [0.3, 0.4) is 0 Å². The number of nitrogens with one attached hydrogen (secondary N) is 1. The third kappa shape index (κ3) is 4.44. The third-order valence-corrected chi connectivity index (χ3v) is 3.36. The number of piperazine rings is 1. The van der Waals surface area contributed by atoms with Crippen molar-refractivity contribution >= 4 is 5.82 Å². The van der Waals surface area contributed by atoms with Gasteiger partial charge in [0, 0.05) is 38.9 Å². The van der Waals surface area contributed by atoms with Crippen LogP contribution >= 0.6 is 0 Å². The topological polar surface area (TPSA) is 44.3 Å². The maximum atomic E-state index is 4.70. The van der Waals surface area contributed by atoms with Crippen LogP contribution in [0.25, 0.3) is 0 Å². The molecular formula is C14H25N5.